The van der Waals surface area contributed by atoms with E-state index < -0.39 is 46.3 Å². The minimum atomic E-state index is -3.79. The van der Waals surface area contributed by atoms with Crippen LogP contribution in [0.15, 0.2) is 18.2 Å². The number of pyridine rings is 1. The summed E-state index contributed by atoms with van der Waals surface area (Å²) < 4.78 is 87.0. The monoisotopic (exact) mass is 601 g/mol. The molecular formula is C32H41ClF5NO2. The van der Waals surface area contributed by atoms with Crippen LogP contribution in [-0.2, 0) is 12.3 Å². The zero-order valence-corrected chi connectivity index (χ0v) is 24.7. The number of fused-ring (bicyclic) bond motifs is 1. The molecule has 1 heterocycles. The number of nitrogens with zero attached hydrogens (tertiary/aromatic N) is 1. The smallest absolute Gasteiger partial charge is 0.284 e. The first-order valence-corrected chi connectivity index (χ1v) is 15.6. The Hall–Kier alpha value is -2.09. The molecule has 9 heteroatoms. The summed E-state index contributed by atoms with van der Waals surface area (Å²) in [5.74, 6) is -8.41. The number of aryl methyl sites for hydroxylation is 1. The van der Waals surface area contributed by atoms with Crippen LogP contribution in [-0.4, -0.2) is 23.6 Å². The van der Waals surface area contributed by atoms with Gasteiger partial charge in [0.1, 0.15) is 6.61 Å². The molecule has 3 nitrogen and oxygen atoms in total. The lowest BCUT2D eigenvalue weighted by atomic mass is 9.77. The van der Waals surface area contributed by atoms with Crippen LogP contribution in [0.5, 0.6) is 11.6 Å². The second kappa shape index (κ2) is 14.4. The van der Waals surface area contributed by atoms with E-state index in [2.05, 4.69) is 11.9 Å². The summed E-state index contributed by atoms with van der Waals surface area (Å²) in [5, 5.41) is -0.383. The first-order chi connectivity index (χ1) is 19.7. The van der Waals surface area contributed by atoms with Gasteiger partial charge in [-0.15, -0.1) is 11.6 Å². The van der Waals surface area contributed by atoms with Crippen LogP contribution in [0.3, 0.4) is 0 Å². The molecule has 0 bridgehead atoms. The predicted molar refractivity (Wildman–Crippen MR) is 151 cm³/mol. The first kappa shape index (κ1) is 31.8. The normalized spacial score (nSPS) is 19.5. The Bertz CT molecular complexity index is 1160. The van der Waals surface area contributed by atoms with Gasteiger partial charge in [0.05, 0.1) is 23.5 Å². The summed E-state index contributed by atoms with van der Waals surface area (Å²) >= 11 is 6.15. The fourth-order valence-electron chi connectivity index (χ4n) is 5.99. The SMILES string of the molecule is CCCCC(Cl)COc1ccc(C2CCc3cc(OCCCCCC(CC)C4CC4)nc(F)c3C2(F)F)c(F)c1F. The van der Waals surface area contributed by atoms with Gasteiger partial charge in [-0.05, 0) is 62.0 Å². The van der Waals surface area contributed by atoms with Crippen molar-refractivity contribution in [3.8, 4) is 11.6 Å². The third kappa shape index (κ3) is 7.85. The third-order valence-corrected chi connectivity index (χ3v) is 8.88. The van der Waals surface area contributed by atoms with E-state index in [1.54, 1.807) is 0 Å². The van der Waals surface area contributed by atoms with Gasteiger partial charge in [0.25, 0.3) is 5.92 Å². The minimum absolute atomic E-state index is 0.0322. The Balaban J connectivity index is 1.37. The highest BCUT2D eigenvalue weighted by Gasteiger charge is 2.50. The molecule has 0 spiro atoms. The van der Waals surface area contributed by atoms with E-state index in [0.717, 1.165) is 56.1 Å². The predicted octanol–water partition coefficient (Wildman–Crippen LogP) is 9.87. The van der Waals surface area contributed by atoms with E-state index in [9.17, 15) is 8.78 Å². The lowest BCUT2D eigenvalue weighted by molar-refractivity contribution is -0.0487. The van der Waals surface area contributed by atoms with Crippen molar-refractivity contribution >= 4 is 11.6 Å². The van der Waals surface area contributed by atoms with Crippen molar-refractivity contribution in [3.63, 3.8) is 0 Å². The fraction of sp³-hybridized carbons (Fsp3) is 0.656. The van der Waals surface area contributed by atoms with Crippen LogP contribution in [0.4, 0.5) is 22.0 Å². The molecule has 0 amide bonds. The topological polar surface area (TPSA) is 31.4 Å². The molecule has 2 aliphatic rings. The summed E-state index contributed by atoms with van der Waals surface area (Å²) in [5.41, 5.74) is -1.33. The second-order valence-corrected chi connectivity index (χ2v) is 12.2. The van der Waals surface area contributed by atoms with Crippen molar-refractivity contribution in [1.29, 1.82) is 0 Å². The Morgan fingerprint density at radius 1 is 0.976 bits per heavy atom. The van der Waals surface area contributed by atoms with Crippen LogP contribution in [0.1, 0.15) is 107 Å². The second-order valence-electron chi connectivity index (χ2n) is 11.5. The number of unbranched alkanes of at least 4 members (excludes halogenated alkanes) is 3. The molecule has 0 saturated heterocycles. The summed E-state index contributed by atoms with van der Waals surface area (Å²) in [6, 6.07) is 3.56. The minimum Gasteiger partial charge on any atom is -0.489 e. The van der Waals surface area contributed by atoms with E-state index in [-0.39, 0.29) is 36.3 Å². The Morgan fingerprint density at radius 2 is 1.76 bits per heavy atom. The third-order valence-electron chi connectivity index (χ3n) is 8.53. The number of halogens is 6. The molecule has 0 radical (unpaired) electrons. The molecule has 1 fully saturated rings. The highest BCUT2D eigenvalue weighted by Crippen LogP contribution is 2.51. The van der Waals surface area contributed by atoms with Gasteiger partial charge in [0, 0.05) is 11.6 Å². The molecular weight excluding hydrogens is 561 g/mol. The molecule has 228 valence electrons. The zero-order valence-electron chi connectivity index (χ0n) is 24.0. The lowest BCUT2D eigenvalue weighted by Gasteiger charge is -2.34. The van der Waals surface area contributed by atoms with E-state index in [4.69, 9.17) is 21.1 Å². The number of aromatic nitrogens is 1. The highest BCUT2D eigenvalue weighted by atomic mass is 35.5. The largest absolute Gasteiger partial charge is 0.489 e. The van der Waals surface area contributed by atoms with Gasteiger partial charge in [-0.3, -0.25) is 0 Å². The standard InChI is InChI=1S/C32H41ClF5NO2/c1-3-5-10-23(33)19-41-26-16-14-24(29(34)30(26)35)25-15-13-22-18-27(39-31(36)28(22)32(25,37)38)40-17-8-6-7-9-20(4-2)21-11-12-21/h14,16,18,20-21,23,25H,3-13,15,17,19H2,1-2H3. The van der Waals surface area contributed by atoms with Crippen molar-refractivity contribution in [2.24, 2.45) is 11.8 Å². The van der Waals surface area contributed by atoms with E-state index in [1.165, 1.54) is 31.7 Å². The molecule has 0 aliphatic heterocycles. The van der Waals surface area contributed by atoms with E-state index >= 15 is 13.2 Å². The van der Waals surface area contributed by atoms with Gasteiger partial charge in [-0.25, -0.2) is 13.2 Å². The average molecular weight is 602 g/mol. The average Bonchev–Trinajstić information content (AvgIpc) is 3.78. The molecule has 1 saturated carbocycles. The molecule has 1 aromatic carbocycles. The Morgan fingerprint density at radius 3 is 2.46 bits per heavy atom. The maximum Gasteiger partial charge on any atom is 0.284 e. The van der Waals surface area contributed by atoms with Gasteiger partial charge in [0.15, 0.2) is 11.6 Å². The maximum atomic E-state index is 15.6. The number of benzene rings is 1. The molecule has 41 heavy (non-hydrogen) atoms. The molecule has 2 aromatic rings. The summed E-state index contributed by atoms with van der Waals surface area (Å²) in [4.78, 5) is 3.65. The van der Waals surface area contributed by atoms with E-state index in [0.29, 0.717) is 13.0 Å². The summed E-state index contributed by atoms with van der Waals surface area (Å²) in [6.07, 6.45) is 10.3. The van der Waals surface area contributed by atoms with Crippen molar-refractivity contribution in [1.82, 2.24) is 4.98 Å². The quantitative estimate of drug-likeness (QED) is 0.0830. The number of rotatable bonds is 16. The van der Waals surface area contributed by atoms with Crippen LogP contribution in [0.2, 0.25) is 0 Å². The van der Waals surface area contributed by atoms with Crippen LogP contribution in [0, 0.1) is 29.4 Å². The van der Waals surface area contributed by atoms with Gasteiger partial charge >= 0.3 is 0 Å². The number of hydrogen-bond acceptors (Lipinski definition) is 3. The van der Waals surface area contributed by atoms with Gasteiger partial charge in [-0.1, -0.05) is 58.4 Å². The zero-order chi connectivity index (χ0) is 29.6. The molecule has 1 aromatic heterocycles. The van der Waals surface area contributed by atoms with Crippen molar-refractivity contribution in [2.75, 3.05) is 13.2 Å². The number of alkyl halides is 3. The lowest BCUT2D eigenvalue weighted by Crippen LogP contribution is -2.32. The molecule has 0 N–H and O–H groups in total. The van der Waals surface area contributed by atoms with Gasteiger partial charge in [0.2, 0.25) is 17.6 Å². The molecule has 4 rings (SSSR count). The van der Waals surface area contributed by atoms with Crippen molar-refractivity contribution < 1.29 is 31.4 Å². The molecule has 2 aliphatic carbocycles. The Kier molecular flexibility index (Phi) is 11.2. The fourth-order valence-corrected chi connectivity index (χ4v) is 6.20. The Labute approximate surface area is 245 Å². The first-order valence-electron chi connectivity index (χ1n) is 15.1. The summed E-state index contributed by atoms with van der Waals surface area (Å²) in [7, 11) is 0. The van der Waals surface area contributed by atoms with Gasteiger partial charge < -0.3 is 9.47 Å². The molecule has 3 unspecified atom stereocenters. The van der Waals surface area contributed by atoms with Gasteiger partial charge in [-0.2, -0.15) is 13.8 Å². The summed E-state index contributed by atoms with van der Waals surface area (Å²) in [6.45, 7) is 4.53. The van der Waals surface area contributed by atoms with Crippen LogP contribution >= 0.6 is 11.6 Å². The highest BCUT2D eigenvalue weighted by molar-refractivity contribution is 6.20. The molecule has 3 atom stereocenters. The van der Waals surface area contributed by atoms with Crippen LogP contribution in [0.25, 0.3) is 0 Å². The van der Waals surface area contributed by atoms with Crippen molar-refractivity contribution in [3.05, 3.63) is 52.5 Å². The van der Waals surface area contributed by atoms with E-state index in [1.807, 2.05) is 6.92 Å². The number of hydrogen-bond donors (Lipinski definition) is 0. The van der Waals surface area contributed by atoms with Crippen molar-refractivity contribution in [2.45, 2.75) is 108 Å². The maximum absolute atomic E-state index is 15.6. The number of ether oxygens (including phenoxy) is 2. The van der Waals surface area contributed by atoms with Crippen LogP contribution < -0.4 is 9.47 Å².